The molecular formula is C14H15NO5. The SMILES string of the molecule is COc1ccc(OC)c(COC(=O)c2cc(C)no2)c1. The van der Waals surface area contributed by atoms with E-state index in [1.807, 2.05) is 0 Å². The number of methoxy groups -OCH3 is 2. The van der Waals surface area contributed by atoms with Crippen LogP contribution in [0.3, 0.4) is 0 Å². The van der Waals surface area contributed by atoms with Crippen molar-refractivity contribution in [3.63, 3.8) is 0 Å². The summed E-state index contributed by atoms with van der Waals surface area (Å²) in [6.07, 6.45) is 0. The second kappa shape index (κ2) is 6.10. The van der Waals surface area contributed by atoms with Crippen LogP contribution in [-0.2, 0) is 11.3 Å². The van der Waals surface area contributed by atoms with Crippen molar-refractivity contribution in [1.29, 1.82) is 0 Å². The molecule has 106 valence electrons. The highest BCUT2D eigenvalue weighted by molar-refractivity contribution is 5.86. The van der Waals surface area contributed by atoms with Crippen molar-refractivity contribution in [3.8, 4) is 11.5 Å². The van der Waals surface area contributed by atoms with Crippen molar-refractivity contribution in [2.75, 3.05) is 14.2 Å². The molecule has 1 aromatic heterocycles. The van der Waals surface area contributed by atoms with Crippen LogP contribution in [0, 0.1) is 6.92 Å². The number of benzene rings is 1. The van der Waals surface area contributed by atoms with E-state index >= 15 is 0 Å². The van der Waals surface area contributed by atoms with E-state index in [-0.39, 0.29) is 12.4 Å². The lowest BCUT2D eigenvalue weighted by Gasteiger charge is -2.10. The number of carbonyl (C=O) groups excluding carboxylic acids is 1. The second-order valence-corrected chi connectivity index (χ2v) is 4.09. The third-order valence-corrected chi connectivity index (χ3v) is 2.68. The Morgan fingerprint density at radius 1 is 1.25 bits per heavy atom. The average molecular weight is 277 g/mol. The van der Waals surface area contributed by atoms with E-state index in [1.165, 1.54) is 6.07 Å². The minimum atomic E-state index is -0.574. The van der Waals surface area contributed by atoms with E-state index in [0.29, 0.717) is 22.8 Å². The van der Waals surface area contributed by atoms with E-state index in [4.69, 9.17) is 18.7 Å². The second-order valence-electron chi connectivity index (χ2n) is 4.09. The molecule has 2 aromatic rings. The summed E-state index contributed by atoms with van der Waals surface area (Å²) in [6.45, 7) is 1.78. The quantitative estimate of drug-likeness (QED) is 0.781. The molecule has 2 rings (SSSR count). The Hall–Kier alpha value is -2.50. The number of rotatable bonds is 5. The fourth-order valence-corrected chi connectivity index (χ4v) is 1.67. The zero-order chi connectivity index (χ0) is 14.5. The third-order valence-electron chi connectivity index (χ3n) is 2.68. The van der Waals surface area contributed by atoms with Gasteiger partial charge in [-0.25, -0.2) is 4.79 Å². The minimum absolute atomic E-state index is 0.0545. The Balaban J connectivity index is 2.08. The van der Waals surface area contributed by atoms with Crippen LogP contribution in [0.2, 0.25) is 0 Å². The van der Waals surface area contributed by atoms with Gasteiger partial charge in [0.15, 0.2) is 0 Å². The summed E-state index contributed by atoms with van der Waals surface area (Å²) in [5.74, 6) is 0.777. The number of carbonyl (C=O) groups is 1. The van der Waals surface area contributed by atoms with Gasteiger partial charge in [0.25, 0.3) is 0 Å². The maximum atomic E-state index is 11.8. The van der Waals surface area contributed by atoms with Crippen molar-refractivity contribution in [3.05, 3.63) is 41.3 Å². The zero-order valence-corrected chi connectivity index (χ0v) is 11.5. The lowest BCUT2D eigenvalue weighted by atomic mass is 10.2. The first kappa shape index (κ1) is 13.9. The molecule has 1 heterocycles. The van der Waals surface area contributed by atoms with Gasteiger partial charge in [-0.1, -0.05) is 5.16 Å². The van der Waals surface area contributed by atoms with Gasteiger partial charge in [-0.05, 0) is 25.1 Å². The predicted molar refractivity (Wildman–Crippen MR) is 69.9 cm³/mol. The molecular weight excluding hydrogens is 262 g/mol. The molecule has 6 nitrogen and oxygen atoms in total. The molecule has 0 aliphatic rings. The van der Waals surface area contributed by atoms with Crippen LogP contribution in [0.1, 0.15) is 21.8 Å². The maximum Gasteiger partial charge on any atom is 0.377 e. The van der Waals surface area contributed by atoms with Crippen LogP contribution in [-0.4, -0.2) is 25.3 Å². The molecule has 0 N–H and O–H groups in total. The molecule has 0 aliphatic carbocycles. The van der Waals surface area contributed by atoms with Crippen molar-refractivity contribution in [2.45, 2.75) is 13.5 Å². The van der Waals surface area contributed by atoms with Gasteiger partial charge in [-0.3, -0.25) is 0 Å². The topological polar surface area (TPSA) is 70.8 Å². The minimum Gasteiger partial charge on any atom is -0.497 e. The Kier molecular flexibility index (Phi) is 4.24. The van der Waals surface area contributed by atoms with Gasteiger partial charge in [-0.15, -0.1) is 0 Å². The van der Waals surface area contributed by atoms with Crippen LogP contribution in [0.5, 0.6) is 11.5 Å². The highest BCUT2D eigenvalue weighted by Gasteiger charge is 2.14. The lowest BCUT2D eigenvalue weighted by molar-refractivity contribution is 0.0423. The summed E-state index contributed by atoms with van der Waals surface area (Å²) in [7, 11) is 3.11. The summed E-state index contributed by atoms with van der Waals surface area (Å²) >= 11 is 0. The summed E-state index contributed by atoms with van der Waals surface area (Å²) in [5.41, 5.74) is 1.33. The maximum absolute atomic E-state index is 11.8. The van der Waals surface area contributed by atoms with Crippen LogP contribution in [0.15, 0.2) is 28.8 Å². The summed E-state index contributed by atoms with van der Waals surface area (Å²) in [5, 5.41) is 3.63. The van der Waals surface area contributed by atoms with Gasteiger partial charge >= 0.3 is 5.97 Å². The summed E-state index contributed by atoms with van der Waals surface area (Å²) in [6, 6.07) is 6.79. The van der Waals surface area contributed by atoms with Crippen LogP contribution < -0.4 is 9.47 Å². The first-order valence-corrected chi connectivity index (χ1v) is 5.95. The molecule has 0 atom stereocenters. The molecule has 0 spiro atoms. The van der Waals surface area contributed by atoms with Crippen molar-refractivity contribution >= 4 is 5.97 Å². The Morgan fingerprint density at radius 2 is 2.05 bits per heavy atom. The number of aromatic nitrogens is 1. The van der Waals surface area contributed by atoms with Gasteiger partial charge in [0, 0.05) is 11.6 Å². The van der Waals surface area contributed by atoms with Gasteiger partial charge in [0.05, 0.1) is 19.9 Å². The van der Waals surface area contributed by atoms with E-state index < -0.39 is 5.97 Å². The molecule has 0 radical (unpaired) electrons. The standard InChI is InChI=1S/C14H15NO5/c1-9-6-13(20-15-9)14(16)19-8-10-7-11(17-2)4-5-12(10)18-3/h4-7H,8H2,1-3H3. The Morgan fingerprint density at radius 3 is 2.65 bits per heavy atom. The predicted octanol–water partition coefficient (Wildman–Crippen LogP) is 2.36. The van der Waals surface area contributed by atoms with E-state index in [9.17, 15) is 4.79 Å². The molecule has 0 saturated carbocycles. The van der Waals surface area contributed by atoms with Crippen LogP contribution in [0.4, 0.5) is 0 Å². The molecule has 0 saturated heterocycles. The number of nitrogens with zero attached hydrogens (tertiary/aromatic N) is 1. The highest BCUT2D eigenvalue weighted by atomic mass is 16.6. The Labute approximate surface area is 116 Å². The Bertz CT molecular complexity index is 605. The molecule has 20 heavy (non-hydrogen) atoms. The number of esters is 1. The average Bonchev–Trinajstić information content (AvgIpc) is 2.91. The van der Waals surface area contributed by atoms with Crippen molar-refractivity contribution < 1.29 is 23.5 Å². The molecule has 0 fully saturated rings. The first-order chi connectivity index (χ1) is 9.63. The lowest BCUT2D eigenvalue weighted by Crippen LogP contribution is -2.05. The summed E-state index contributed by atoms with van der Waals surface area (Å²) < 4.78 is 20.3. The monoisotopic (exact) mass is 277 g/mol. The molecule has 6 heteroatoms. The van der Waals surface area contributed by atoms with E-state index in [1.54, 1.807) is 39.3 Å². The number of aryl methyl sites for hydroxylation is 1. The van der Waals surface area contributed by atoms with Gasteiger partial charge in [0.1, 0.15) is 18.1 Å². The van der Waals surface area contributed by atoms with Crippen molar-refractivity contribution in [2.24, 2.45) is 0 Å². The fraction of sp³-hybridized carbons (Fsp3) is 0.286. The molecule has 0 bridgehead atoms. The highest BCUT2D eigenvalue weighted by Crippen LogP contribution is 2.24. The largest absolute Gasteiger partial charge is 0.497 e. The van der Waals surface area contributed by atoms with Gasteiger partial charge < -0.3 is 18.7 Å². The van der Waals surface area contributed by atoms with Crippen molar-refractivity contribution in [1.82, 2.24) is 5.16 Å². The number of ether oxygens (including phenoxy) is 3. The van der Waals surface area contributed by atoms with E-state index in [0.717, 1.165) is 0 Å². The first-order valence-electron chi connectivity index (χ1n) is 5.95. The molecule has 0 unspecified atom stereocenters. The van der Waals surface area contributed by atoms with Gasteiger partial charge in [0.2, 0.25) is 5.76 Å². The normalized spacial score (nSPS) is 10.2. The van der Waals surface area contributed by atoms with Crippen LogP contribution >= 0.6 is 0 Å². The smallest absolute Gasteiger partial charge is 0.377 e. The number of hydrogen-bond acceptors (Lipinski definition) is 6. The zero-order valence-electron chi connectivity index (χ0n) is 11.5. The molecule has 1 aromatic carbocycles. The fourth-order valence-electron chi connectivity index (χ4n) is 1.67. The van der Waals surface area contributed by atoms with E-state index in [2.05, 4.69) is 5.16 Å². The number of hydrogen-bond donors (Lipinski definition) is 0. The van der Waals surface area contributed by atoms with Crippen LogP contribution in [0.25, 0.3) is 0 Å². The summed E-state index contributed by atoms with van der Waals surface area (Å²) in [4.78, 5) is 11.8. The third kappa shape index (κ3) is 3.09. The molecule has 0 aliphatic heterocycles. The van der Waals surface area contributed by atoms with Gasteiger partial charge in [-0.2, -0.15) is 0 Å². The molecule has 0 amide bonds.